The summed E-state index contributed by atoms with van der Waals surface area (Å²) in [6.45, 7) is 3.94. The maximum Gasteiger partial charge on any atom is 0.268 e. The van der Waals surface area contributed by atoms with E-state index < -0.39 is 6.10 Å². The van der Waals surface area contributed by atoms with E-state index in [0.29, 0.717) is 17.9 Å². The fourth-order valence-corrected chi connectivity index (χ4v) is 2.69. The molecule has 0 saturated heterocycles. The summed E-state index contributed by atoms with van der Waals surface area (Å²) in [7, 11) is 1.55. The van der Waals surface area contributed by atoms with Crippen molar-refractivity contribution in [2.75, 3.05) is 18.5 Å². The first kappa shape index (κ1) is 17.3. The number of amides is 2. The quantitative estimate of drug-likeness (QED) is 0.836. The van der Waals surface area contributed by atoms with E-state index in [1.807, 2.05) is 25.1 Å². The Hall–Kier alpha value is -2.08. The van der Waals surface area contributed by atoms with Gasteiger partial charge in [-0.15, -0.1) is 0 Å². The van der Waals surface area contributed by atoms with Crippen LogP contribution in [0.3, 0.4) is 0 Å². The molecule has 0 aromatic heterocycles. The lowest BCUT2D eigenvalue weighted by Crippen LogP contribution is -2.49. The molecular formula is C17H25N3O3. The molecule has 1 aromatic carbocycles. The molecule has 0 saturated carbocycles. The number of nitrogens with zero attached hydrogens (tertiary/aromatic N) is 1. The number of nitrogens with one attached hydrogen (secondary N) is 1. The number of likely N-dealkylation sites (N-methyl/N-ethyl adjacent to an activating group) is 1. The zero-order chi connectivity index (χ0) is 17.0. The van der Waals surface area contributed by atoms with Crippen molar-refractivity contribution in [3.8, 4) is 5.75 Å². The van der Waals surface area contributed by atoms with Crippen LogP contribution in [0.15, 0.2) is 18.2 Å². The molecule has 0 bridgehead atoms. The third kappa shape index (κ3) is 3.64. The van der Waals surface area contributed by atoms with E-state index in [0.717, 1.165) is 18.4 Å². The SMILES string of the molecule is CCCC(N)c1ccc2c(c1)N(CC(=O)NC)C(=O)C(CC)O2. The van der Waals surface area contributed by atoms with Gasteiger partial charge in [-0.2, -0.15) is 0 Å². The van der Waals surface area contributed by atoms with Gasteiger partial charge >= 0.3 is 0 Å². The first-order chi connectivity index (χ1) is 11.0. The largest absolute Gasteiger partial charge is 0.478 e. The molecule has 6 heteroatoms. The van der Waals surface area contributed by atoms with Gasteiger partial charge in [-0.25, -0.2) is 0 Å². The van der Waals surface area contributed by atoms with Crippen LogP contribution < -0.4 is 20.7 Å². The van der Waals surface area contributed by atoms with Crippen molar-refractivity contribution in [2.45, 2.75) is 45.3 Å². The van der Waals surface area contributed by atoms with E-state index in [-0.39, 0.29) is 24.4 Å². The summed E-state index contributed by atoms with van der Waals surface area (Å²) >= 11 is 0. The minimum atomic E-state index is -0.553. The average molecular weight is 319 g/mol. The van der Waals surface area contributed by atoms with Crippen LogP contribution in [0.1, 0.15) is 44.7 Å². The molecule has 23 heavy (non-hydrogen) atoms. The predicted molar refractivity (Wildman–Crippen MR) is 89.4 cm³/mol. The fourth-order valence-electron chi connectivity index (χ4n) is 2.69. The Kier molecular flexibility index (Phi) is 5.60. The molecule has 6 nitrogen and oxygen atoms in total. The number of carbonyl (C=O) groups is 2. The van der Waals surface area contributed by atoms with Crippen molar-refractivity contribution in [1.82, 2.24) is 5.32 Å². The lowest BCUT2D eigenvalue weighted by atomic mass is 10.0. The molecule has 1 heterocycles. The first-order valence-corrected chi connectivity index (χ1v) is 8.09. The number of rotatable bonds is 6. The molecule has 1 aromatic rings. The van der Waals surface area contributed by atoms with E-state index >= 15 is 0 Å². The van der Waals surface area contributed by atoms with Crippen LogP contribution in [0, 0.1) is 0 Å². The molecule has 0 radical (unpaired) electrons. The molecular weight excluding hydrogens is 294 g/mol. The van der Waals surface area contributed by atoms with Crippen LogP contribution in [-0.2, 0) is 9.59 Å². The Bertz CT molecular complexity index is 588. The highest BCUT2D eigenvalue weighted by atomic mass is 16.5. The van der Waals surface area contributed by atoms with Crippen molar-refractivity contribution in [1.29, 1.82) is 0 Å². The Labute approximate surface area is 137 Å². The van der Waals surface area contributed by atoms with Crippen LogP contribution in [0.5, 0.6) is 5.75 Å². The normalized spacial score (nSPS) is 18.2. The van der Waals surface area contributed by atoms with Gasteiger partial charge in [0.25, 0.3) is 5.91 Å². The molecule has 2 atom stereocenters. The number of ether oxygens (including phenoxy) is 1. The summed E-state index contributed by atoms with van der Waals surface area (Å²) in [6, 6.07) is 5.54. The maximum atomic E-state index is 12.6. The van der Waals surface area contributed by atoms with Gasteiger partial charge in [0.15, 0.2) is 6.10 Å². The first-order valence-electron chi connectivity index (χ1n) is 8.09. The van der Waals surface area contributed by atoms with Gasteiger partial charge in [0.05, 0.1) is 5.69 Å². The van der Waals surface area contributed by atoms with Crippen molar-refractivity contribution >= 4 is 17.5 Å². The van der Waals surface area contributed by atoms with Gasteiger partial charge in [0.2, 0.25) is 5.91 Å². The van der Waals surface area contributed by atoms with Crippen LogP contribution in [-0.4, -0.2) is 31.5 Å². The van der Waals surface area contributed by atoms with E-state index in [1.165, 1.54) is 4.90 Å². The summed E-state index contributed by atoms with van der Waals surface area (Å²) in [5.74, 6) is 0.210. The molecule has 0 aliphatic carbocycles. The predicted octanol–water partition coefficient (Wildman–Crippen LogP) is 1.74. The summed E-state index contributed by atoms with van der Waals surface area (Å²) in [5.41, 5.74) is 7.74. The monoisotopic (exact) mass is 319 g/mol. The summed E-state index contributed by atoms with van der Waals surface area (Å²) in [4.78, 5) is 25.8. The topological polar surface area (TPSA) is 84.7 Å². The molecule has 0 spiro atoms. The summed E-state index contributed by atoms with van der Waals surface area (Å²) < 4.78 is 5.77. The summed E-state index contributed by atoms with van der Waals surface area (Å²) in [5, 5.41) is 2.56. The van der Waals surface area contributed by atoms with E-state index in [1.54, 1.807) is 7.05 Å². The molecule has 1 aliphatic rings. The Morgan fingerprint density at radius 2 is 2.17 bits per heavy atom. The van der Waals surface area contributed by atoms with Gasteiger partial charge in [-0.1, -0.05) is 26.3 Å². The fraction of sp³-hybridized carbons (Fsp3) is 0.529. The van der Waals surface area contributed by atoms with Crippen LogP contribution in [0.25, 0.3) is 0 Å². The van der Waals surface area contributed by atoms with Crippen molar-refractivity contribution in [2.24, 2.45) is 5.73 Å². The third-order valence-corrected chi connectivity index (χ3v) is 4.06. The zero-order valence-corrected chi connectivity index (χ0v) is 14.0. The minimum Gasteiger partial charge on any atom is -0.478 e. The molecule has 1 aliphatic heterocycles. The molecule has 3 N–H and O–H groups in total. The summed E-state index contributed by atoms with van der Waals surface area (Å²) in [6.07, 6.45) is 1.84. The van der Waals surface area contributed by atoms with E-state index in [4.69, 9.17) is 10.5 Å². The second kappa shape index (κ2) is 7.46. The smallest absolute Gasteiger partial charge is 0.268 e. The van der Waals surface area contributed by atoms with Crippen LogP contribution in [0.2, 0.25) is 0 Å². The second-order valence-electron chi connectivity index (χ2n) is 5.73. The standard InChI is InChI=1S/C17H25N3O3/c1-4-6-12(18)11-7-8-15-13(9-11)20(10-16(21)19-3)17(22)14(5-2)23-15/h7-9,12,14H,4-6,10,18H2,1-3H3,(H,19,21). The second-order valence-corrected chi connectivity index (χ2v) is 5.73. The van der Waals surface area contributed by atoms with Gasteiger partial charge in [-0.3, -0.25) is 14.5 Å². The number of nitrogens with two attached hydrogens (primary N) is 1. The minimum absolute atomic E-state index is 0.0192. The van der Waals surface area contributed by atoms with Gasteiger partial charge in [-0.05, 0) is 30.5 Å². The number of hydrogen-bond acceptors (Lipinski definition) is 4. The molecule has 0 fully saturated rings. The van der Waals surface area contributed by atoms with E-state index in [9.17, 15) is 9.59 Å². The van der Waals surface area contributed by atoms with Crippen LogP contribution >= 0.6 is 0 Å². The Morgan fingerprint density at radius 1 is 1.43 bits per heavy atom. The Balaban J connectivity index is 2.40. The molecule has 2 unspecified atom stereocenters. The van der Waals surface area contributed by atoms with E-state index in [2.05, 4.69) is 12.2 Å². The average Bonchev–Trinajstić information content (AvgIpc) is 2.56. The van der Waals surface area contributed by atoms with Gasteiger partial charge < -0.3 is 15.8 Å². The lowest BCUT2D eigenvalue weighted by molar-refractivity contribution is -0.128. The highest BCUT2D eigenvalue weighted by molar-refractivity contribution is 6.03. The number of benzene rings is 1. The van der Waals surface area contributed by atoms with Crippen LogP contribution in [0.4, 0.5) is 5.69 Å². The molecule has 2 amide bonds. The number of anilines is 1. The van der Waals surface area contributed by atoms with Gasteiger partial charge in [0, 0.05) is 13.1 Å². The van der Waals surface area contributed by atoms with Crippen molar-refractivity contribution < 1.29 is 14.3 Å². The maximum absolute atomic E-state index is 12.6. The number of carbonyl (C=O) groups excluding carboxylic acids is 2. The third-order valence-electron chi connectivity index (χ3n) is 4.06. The highest BCUT2D eigenvalue weighted by Gasteiger charge is 2.34. The number of hydrogen-bond donors (Lipinski definition) is 2. The van der Waals surface area contributed by atoms with Crippen molar-refractivity contribution in [3.05, 3.63) is 23.8 Å². The number of fused-ring (bicyclic) bond motifs is 1. The van der Waals surface area contributed by atoms with Crippen molar-refractivity contribution in [3.63, 3.8) is 0 Å². The zero-order valence-electron chi connectivity index (χ0n) is 14.0. The van der Waals surface area contributed by atoms with Gasteiger partial charge in [0.1, 0.15) is 12.3 Å². The molecule has 126 valence electrons. The molecule has 2 rings (SSSR count). The Morgan fingerprint density at radius 3 is 2.78 bits per heavy atom. The highest BCUT2D eigenvalue weighted by Crippen LogP contribution is 2.37. The lowest BCUT2D eigenvalue weighted by Gasteiger charge is -2.34.